The highest BCUT2D eigenvalue weighted by molar-refractivity contribution is 5.96. The summed E-state index contributed by atoms with van der Waals surface area (Å²) in [6, 6.07) is -0.457. The number of hydrogen-bond donors (Lipinski definition) is 2. The van der Waals surface area contributed by atoms with Crippen LogP contribution in [0.5, 0.6) is 0 Å². The van der Waals surface area contributed by atoms with Gasteiger partial charge in [0.15, 0.2) is 12.3 Å². The van der Waals surface area contributed by atoms with Crippen LogP contribution in [-0.2, 0) is 9.53 Å². The number of esters is 1. The Hall–Kier alpha value is -2.51. The van der Waals surface area contributed by atoms with Crippen molar-refractivity contribution in [1.29, 1.82) is 0 Å². The molecule has 1 heterocycles. The monoisotopic (exact) mass is 306 g/mol. The molecule has 1 aliphatic carbocycles. The van der Waals surface area contributed by atoms with E-state index in [4.69, 9.17) is 4.74 Å². The minimum Gasteiger partial charge on any atom is -0.451 e. The Morgan fingerprint density at radius 2 is 1.95 bits per heavy atom. The lowest BCUT2D eigenvalue weighted by Gasteiger charge is -2.12. The zero-order valence-electron chi connectivity index (χ0n) is 12.3. The predicted molar refractivity (Wildman–Crippen MR) is 76.0 cm³/mol. The molecule has 2 rings (SSSR count). The zero-order valence-corrected chi connectivity index (χ0v) is 12.3. The van der Waals surface area contributed by atoms with E-state index in [1.54, 1.807) is 6.92 Å². The van der Waals surface area contributed by atoms with E-state index in [0.717, 1.165) is 25.7 Å². The Labute approximate surface area is 127 Å². The molecule has 0 unspecified atom stereocenters. The van der Waals surface area contributed by atoms with Gasteiger partial charge in [-0.05, 0) is 19.8 Å². The Morgan fingerprint density at radius 3 is 2.59 bits per heavy atom. The quantitative estimate of drug-likeness (QED) is 0.793. The first-order valence-corrected chi connectivity index (χ1v) is 7.10. The molecule has 1 aliphatic rings. The molecule has 22 heavy (non-hydrogen) atoms. The summed E-state index contributed by atoms with van der Waals surface area (Å²) in [7, 11) is 0. The Kier molecular flexibility index (Phi) is 5.40. The molecule has 3 amide bonds. The van der Waals surface area contributed by atoms with E-state index in [0.29, 0.717) is 5.69 Å². The molecule has 0 aromatic carbocycles. The van der Waals surface area contributed by atoms with Gasteiger partial charge in [0.05, 0.1) is 11.9 Å². The van der Waals surface area contributed by atoms with Crippen molar-refractivity contribution < 1.29 is 19.1 Å². The lowest BCUT2D eigenvalue weighted by atomic mass is 10.2. The maximum atomic E-state index is 11.6. The third kappa shape index (κ3) is 4.80. The van der Waals surface area contributed by atoms with Gasteiger partial charge in [0.1, 0.15) is 0 Å². The number of urea groups is 1. The molecule has 1 fully saturated rings. The number of rotatable bonds is 4. The second-order valence-corrected chi connectivity index (χ2v) is 5.12. The van der Waals surface area contributed by atoms with Crippen LogP contribution in [0.4, 0.5) is 4.79 Å². The summed E-state index contributed by atoms with van der Waals surface area (Å²) in [5.41, 5.74) is 0.673. The SMILES string of the molecule is Cc1cnc(C(=O)OCC(=O)NC(=O)NC2CCCC2)cn1. The Bertz CT molecular complexity index is 552. The zero-order chi connectivity index (χ0) is 15.9. The van der Waals surface area contributed by atoms with Crippen molar-refractivity contribution in [3.8, 4) is 0 Å². The molecule has 1 aromatic rings. The van der Waals surface area contributed by atoms with Gasteiger partial charge < -0.3 is 10.1 Å². The molecule has 118 valence electrons. The summed E-state index contributed by atoms with van der Waals surface area (Å²) in [5, 5.41) is 4.82. The number of aryl methyl sites for hydroxylation is 1. The van der Waals surface area contributed by atoms with Gasteiger partial charge in [-0.15, -0.1) is 0 Å². The Morgan fingerprint density at radius 1 is 1.23 bits per heavy atom. The van der Waals surface area contributed by atoms with Crippen molar-refractivity contribution in [2.75, 3.05) is 6.61 Å². The maximum absolute atomic E-state index is 11.6. The molecule has 0 spiro atoms. The lowest BCUT2D eigenvalue weighted by Crippen LogP contribution is -2.45. The van der Waals surface area contributed by atoms with Crippen molar-refractivity contribution in [3.63, 3.8) is 0 Å². The van der Waals surface area contributed by atoms with Crippen LogP contribution >= 0.6 is 0 Å². The minimum atomic E-state index is -0.765. The average molecular weight is 306 g/mol. The minimum absolute atomic E-state index is 0.00815. The van der Waals surface area contributed by atoms with Crippen LogP contribution in [0.3, 0.4) is 0 Å². The second kappa shape index (κ2) is 7.48. The van der Waals surface area contributed by atoms with Crippen molar-refractivity contribution in [2.45, 2.75) is 38.6 Å². The van der Waals surface area contributed by atoms with E-state index in [1.165, 1.54) is 12.4 Å². The summed E-state index contributed by atoms with van der Waals surface area (Å²) in [6.07, 6.45) is 6.68. The molecule has 0 atom stereocenters. The number of amides is 3. The van der Waals surface area contributed by atoms with Crippen LogP contribution in [-0.4, -0.2) is 40.5 Å². The summed E-state index contributed by atoms with van der Waals surface area (Å²) in [6.45, 7) is 1.19. The number of carbonyl (C=O) groups is 3. The van der Waals surface area contributed by atoms with E-state index in [9.17, 15) is 14.4 Å². The van der Waals surface area contributed by atoms with Crippen LogP contribution in [0.25, 0.3) is 0 Å². The smallest absolute Gasteiger partial charge is 0.359 e. The molecule has 0 bridgehead atoms. The molecule has 8 heteroatoms. The van der Waals surface area contributed by atoms with Gasteiger partial charge in [-0.2, -0.15) is 0 Å². The lowest BCUT2D eigenvalue weighted by molar-refractivity contribution is -0.123. The van der Waals surface area contributed by atoms with Crippen molar-refractivity contribution >= 4 is 17.9 Å². The first-order chi connectivity index (χ1) is 10.5. The normalized spacial score (nSPS) is 14.4. The molecule has 1 saturated carbocycles. The number of carbonyl (C=O) groups excluding carboxylic acids is 3. The van der Waals surface area contributed by atoms with E-state index >= 15 is 0 Å². The van der Waals surface area contributed by atoms with Gasteiger partial charge in [0, 0.05) is 12.2 Å². The third-order valence-corrected chi connectivity index (χ3v) is 3.27. The fourth-order valence-electron chi connectivity index (χ4n) is 2.16. The van der Waals surface area contributed by atoms with E-state index in [2.05, 4.69) is 20.6 Å². The highest BCUT2D eigenvalue weighted by atomic mass is 16.5. The molecule has 0 saturated heterocycles. The first kappa shape index (κ1) is 15.9. The van der Waals surface area contributed by atoms with Gasteiger partial charge in [0.2, 0.25) is 0 Å². The number of nitrogens with one attached hydrogen (secondary N) is 2. The van der Waals surface area contributed by atoms with Gasteiger partial charge in [-0.25, -0.2) is 14.6 Å². The highest BCUT2D eigenvalue weighted by Crippen LogP contribution is 2.17. The molecule has 8 nitrogen and oxygen atoms in total. The second-order valence-electron chi connectivity index (χ2n) is 5.12. The van der Waals surface area contributed by atoms with Crippen molar-refractivity contribution in [3.05, 3.63) is 23.8 Å². The molecular formula is C14H18N4O4. The summed E-state index contributed by atoms with van der Waals surface area (Å²) >= 11 is 0. The van der Waals surface area contributed by atoms with Crippen molar-refractivity contribution in [1.82, 2.24) is 20.6 Å². The first-order valence-electron chi connectivity index (χ1n) is 7.10. The number of ether oxygens (including phenoxy) is 1. The van der Waals surface area contributed by atoms with Crippen LogP contribution in [0.2, 0.25) is 0 Å². The van der Waals surface area contributed by atoms with Crippen LogP contribution < -0.4 is 10.6 Å². The Balaban J connectivity index is 1.71. The molecule has 2 N–H and O–H groups in total. The third-order valence-electron chi connectivity index (χ3n) is 3.27. The number of nitrogens with zero attached hydrogens (tertiary/aromatic N) is 2. The average Bonchev–Trinajstić information content (AvgIpc) is 2.98. The van der Waals surface area contributed by atoms with Crippen LogP contribution in [0.1, 0.15) is 41.9 Å². The van der Waals surface area contributed by atoms with Gasteiger partial charge in [0.25, 0.3) is 5.91 Å². The van der Waals surface area contributed by atoms with E-state index in [1.807, 2.05) is 0 Å². The number of aromatic nitrogens is 2. The molecule has 0 radical (unpaired) electrons. The fraction of sp³-hybridized carbons (Fsp3) is 0.500. The number of imide groups is 1. The van der Waals surface area contributed by atoms with Crippen LogP contribution in [0, 0.1) is 6.92 Å². The fourth-order valence-corrected chi connectivity index (χ4v) is 2.16. The predicted octanol–water partition coefficient (Wildman–Crippen LogP) is 0.710. The largest absolute Gasteiger partial charge is 0.451 e. The summed E-state index contributed by atoms with van der Waals surface area (Å²) < 4.78 is 4.77. The summed E-state index contributed by atoms with van der Waals surface area (Å²) in [5.74, 6) is -1.46. The molecular weight excluding hydrogens is 288 g/mol. The molecule has 1 aromatic heterocycles. The van der Waals surface area contributed by atoms with Gasteiger partial charge in [-0.1, -0.05) is 12.8 Å². The van der Waals surface area contributed by atoms with E-state index < -0.39 is 24.5 Å². The number of hydrogen-bond acceptors (Lipinski definition) is 6. The maximum Gasteiger partial charge on any atom is 0.359 e. The van der Waals surface area contributed by atoms with Crippen LogP contribution in [0.15, 0.2) is 12.4 Å². The topological polar surface area (TPSA) is 110 Å². The summed E-state index contributed by atoms with van der Waals surface area (Å²) in [4.78, 5) is 42.4. The van der Waals surface area contributed by atoms with Gasteiger partial charge in [-0.3, -0.25) is 15.1 Å². The highest BCUT2D eigenvalue weighted by Gasteiger charge is 2.19. The van der Waals surface area contributed by atoms with E-state index in [-0.39, 0.29) is 11.7 Å². The standard InChI is InChI=1S/C14H18N4O4/c1-9-6-16-11(7-15-9)13(20)22-8-12(19)18-14(21)17-10-4-2-3-5-10/h6-7,10H,2-5,8H2,1H3,(H2,17,18,19,21). The van der Waals surface area contributed by atoms with Crippen molar-refractivity contribution in [2.24, 2.45) is 0 Å². The molecule has 0 aliphatic heterocycles. The van der Waals surface area contributed by atoms with Gasteiger partial charge >= 0.3 is 12.0 Å².